The lowest BCUT2D eigenvalue weighted by molar-refractivity contribution is 0.237. The molecule has 0 aromatic heterocycles. The van der Waals surface area contributed by atoms with E-state index in [0.29, 0.717) is 12.1 Å². The van der Waals surface area contributed by atoms with Crippen molar-refractivity contribution in [2.45, 2.75) is 64.0 Å². The first-order valence-electron chi connectivity index (χ1n) is 8.77. The minimum atomic E-state index is 0.480. The molecule has 0 saturated heterocycles. The lowest BCUT2D eigenvalue weighted by Gasteiger charge is -2.39. The summed E-state index contributed by atoms with van der Waals surface area (Å²) in [4.78, 5) is 0. The first-order chi connectivity index (χ1) is 10.8. The Morgan fingerprint density at radius 3 is 2.36 bits per heavy atom. The average Bonchev–Trinajstić information content (AvgIpc) is 2.60. The van der Waals surface area contributed by atoms with E-state index >= 15 is 0 Å². The zero-order valence-electron chi connectivity index (χ0n) is 14.2. The van der Waals surface area contributed by atoms with Crippen LogP contribution >= 0.6 is 0 Å². The Morgan fingerprint density at radius 1 is 1.05 bits per heavy atom. The van der Waals surface area contributed by atoms with E-state index in [-0.39, 0.29) is 0 Å². The van der Waals surface area contributed by atoms with E-state index in [4.69, 9.17) is 9.47 Å². The fourth-order valence-electron chi connectivity index (χ4n) is 4.19. The summed E-state index contributed by atoms with van der Waals surface area (Å²) in [5, 5.41) is 3.92. The van der Waals surface area contributed by atoms with Crippen LogP contribution in [-0.2, 0) is 6.42 Å². The number of rotatable bonds is 4. The van der Waals surface area contributed by atoms with E-state index in [1.165, 1.54) is 49.7 Å². The summed E-state index contributed by atoms with van der Waals surface area (Å²) in [5.74, 6) is 2.49. The number of ether oxygens (including phenoxy) is 2. The van der Waals surface area contributed by atoms with Crippen LogP contribution in [0.2, 0.25) is 0 Å². The highest BCUT2D eigenvalue weighted by atomic mass is 16.5. The van der Waals surface area contributed by atoms with Crippen molar-refractivity contribution in [2.24, 2.45) is 5.92 Å². The first-order valence-corrected chi connectivity index (χ1v) is 8.77. The van der Waals surface area contributed by atoms with E-state index in [0.717, 1.165) is 23.8 Å². The zero-order chi connectivity index (χ0) is 15.5. The van der Waals surface area contributed by atoms with Gasteiger partial charge in [-0.1, -0.05) is 26.2 Å². The van der Waals surface area contributed by atoms with Crippen molar-refractivity contribution in [1.29, 1.82) is 0 Å². The summed E-state index contributed by atoms with van der Waals surface area (Å²) in [6, 6.07) is 5.48. The fraction of sp³-hybridized carbons (Fsp3) is 0.684. The van der Waals surface area contributed by atoms with Gasteiger partial charge in [0.25, 0.3) is 0 Å². The topological polar surface area (TPSA) is 30.5 Å². The van der Waals surface area contributed by atoms with E-state index in [2.05, 4.69) is 24.4 Å². The third-order valence-electron chi connectivity index (χ3n) is 5.48. The van der Waals surface area contributed by atoms with Gasteiger partial charge in [0.05, 0.1) is 14.2 Å². The molecule has 122 valence electrons. The van der Waals surface area contributed by atoms with Crippen molar-refractivity contribution in [3.63, 3.8) is 0 Å². The molecule has 1 N–H and O–H groups in total. The van der Waals surface area contributed by atoms with Crippen LogP contribution in [0.25, 0.3) is 0 Å². The third-order valence-corrected chi connectivity index (χ3v) is 5.48. The van der Waals surface area contributed by atoms with Crippen molar-refractivity contribution in [3.8, 4) is 11.5 Å². The predicted octanol–water partition coefficient (Wildman–Crippen LogP) is 4.25. The standard InChI is InChI=1S/C19H29NO2/c1-4-15-10-14-11-17(21-2)18(22-3)12-16(14)19(20-15)13-8-6-5-7-9-13/h11-13,15,19-20H,4-10H2,1-3H3. The van der Waals surface area contributed by atoms with E-state index in [9.17, 15) is 0 Å². The predicted molar refractivity (Wildman–Crippen MR) is 89.8 cm³/mol. The Labute approximate surface area is 134 Å². The van der Waals surface area contributed by atoms with Crippen molar-refractivity contribution in [1.82, 2.24) is 5.32 Å². The molecule has 2 unspecified atom stereocenters. The molecule has 3 nitrogen and oxygen atoms in total. The average molecular weight is 303 g/mol. The molecule has 0 bridgehead atoms. The van der Waals surface area contributed by atoms with E-state index in [1.54, 1.807) is 14.2 Å². The van der Waals surface area contributed by atoms with Crippen molar-refractivity contribution < 1.29 is 9.47 Å². The number of nitrogens with one attached hydrogen (secondary N) is 1. The van der Waals surface area contributed by atoms with Gasteiger partial charge in [0, 0.05) is 12.1 Å². The second-order valence-electron chi connectivity index (χ2n) is 6.76. The summed E-state index contributed by atoms with van der Waals surface area (Å²) in [7, 11) is 3.45. The van der Waals surface area contributed by atoms with Crippen LogP contribution in [-0.4, -0.2) is 20.3 Å². The minimum absolute atomic E-state index is 0.480. The second kappa shape index (κ2) is 6.91. The lowest BCUT2D eigenvalue weighted by atomic mass is 9.76. The Hall–Kier alpha value is -1.22. The molecule has 1 aliphatic heterocycles. The normalized spacial score (nSPS) is 25.6. The van der Waals surface area contributed by atoms with Crippen molar-refractivity contribution in [2.75, 3.05) is 14.2 Å². The summed E-state index contributed by atoms with van der Waals surface area (Å²) in [5.41, 5.74) is 2.88. The molecule has 2 aliphatic rings. The van der Waals surface area contributed by atoms with Crippen LogP contribution < -0.4 is 14.8 Å². The van der Waals surface area contributed by atoms with Gasteiger partial charge < -0.3 is 14.8 Å². The molecule has 3 heteroatoms. The van der Waals surface area contributed by atoms with Gasteiger partial charge in [0.2, 0.25) is 0 Å². The van der Waals surface area contributed by atoms with Crippen LogP contribution in [0.5, 0.6) is 11.5 Å². The summed E-state index contributed by atoms with van der Waals surface area (Å²) in [6.45, 7) is 2.28. The molecule has 0 amide bonds. The molecule has 1 fully saturated rings. The third kappa shape index (κ3) is 2.96. The van der Waals surface area contributed by atoms with Gasteiger partial charge in [0.1, 0.15) is 0 Å². The Bertz CT molecular complexity index is 508. The first kappa shape index (κ1) is 15.7. The minimum Gasteiger partial charge on any atom is -0.493 e. The van der Waals surface area contributed by atoms with Crippen molar-refractivity contribution in [3.05, 3.63) is 23.3 Å². The van der Waals surface area contributed by atoms with Gasteiger partial charge in [0.15, 0.2) is 11.5 Å². The monoisotopic (exact) mass is 303 g/mol. The van der Waals surface area contributed by atoms with Crippen molar-refractivity contribution >= 4 is 0 Å². The Balaban J connectivity index is 1.98. The highest BCUT2D eigenvalue weighted by molar-refractivity contribution is 5.50. The highest BCUT2D eigenvalue weighted by Gasteiger charge is 2.33. The van der Waals surface area contributed by atoms with Crippen LogP contribution in [0.4, 0.5) is 0 Å². The molecule has 2 atom stereocenters. The fourth-order valence-corrected chi connectivity index (χ4v) is 4.19. The highest BCUT2D eigenvalue weighted by Crippen LogP contribution is 2.42. The molecule has 22 heavy (non-hydrogen) atoms. The van der Waals surface area contributed by atoms with E-state index < -0.39 is 0 Å². The maximum atomic E-state index is 5.54. The molecule has 1 heterocycles. The number of hydrogen-bond acceptors (Lipinski definition) is 3. The molecule has 1 aliphatic carbocycles. The van der Waals surface area contributed by atoms with Crippen LogP contribution in [0.3, 0.4) is 0 Å². The van der Waals surface area contributed by atoms with Crippen LogP contribution in [0.15, 0.2) is 12.1 Å². The van der Waals surface area contributed by atoms with Gasteiger partial charge in [-0.3, -0.25) is 0 Å². The number of benzene rings is 1. The molecular formula is C19H29NO2. The maximum absolute atomic E-state index is 5.54. The lowest BCUT2D eigenvalue weighted by Crippen LogP contribution is -2.42. The zero-order valence-corrected chi connectivity index (χ0v) is 14.2. The quantitative estimate of drug-likeness (QED) is 0.902. The van der Waals surface area contributed by atoms with Gasteiger partial charge in [-0.2, -0.15) is 0 Å². The largest absolute Gasteiger partial charge is 0.493 e. The van der Waals surface area contributed by atoms with Gasteiger partial charge in [-0.25, -0.2) is 0 Å². The molecule has 3 rings (SSSR count). The molecule has 1 aromatic rings. The molecule has 1 aromatic carbocycles. The summed E-state index contributed by atoms with van der Waals surface area (Å²) in [6.07, 6.45) is 9.12. The Morgan fingerprint density at radius 2 is 1.73 bits per heavy atom. The molecule has 0 spiro atoms. The smallest absolute Gasteiger partial charge is 0.161 e. The van der Waals surface area contributed by atoms with Crippen LogP contribution in [0, 0.1) is 5.92 Å². The molecular weight excluding hydrogens is 274 g/mol. The summed E-state index contributed by atoms with van der Waals surface area (Å²) >= 11 is 0. The summed E-state index contributed by atoms with van der Waals surface area (Å²) < 4.78 is 11.0. The van der Waals surface area contributed by atoms with E-state index in [1.807, 2.05) is 0 Å². The number of fused-ring (bicyclic) bond motifs is 1. The van der Waals surface area contributed by atoms with Gasteiger partial charge in [-0.15, -0.1) is 0 Å². The van der Waals surface area contributed by atoms with Crippen LogP contribution in [0.1, 0.15) is 62.6 Å². The number of methoxy groups -OCH3 is 2. The van der Waals surface area contributed by atoms with Gasteiger partial charge >= 0.3 is 0 Å². The Kier molecular flexibility index (Phi) is 4.92. The molecule has 1 saturated carbocycles. The molecule has 0 radical (unpaired) electrons. The maximum Gasteiger partial charge on any atom is 0.161 e. The number of hydrogen-bond donors (Lipinski definition) is 1. The SMILES string of the molecule is CCC1Cc2cc(OC)c(OC)cc2C(C2CCCCC2)N1. The van der Waals surface area contributed by atoms with Gasteiger partial charge in [-0.05, 0) is 54.9 Å². The second-order valence-corrected chi connectivity index (χ2v) is 6.76.